The van der Waals surface area contributed by atoms with Crippen molar-refractivity contribution >= 4 is 5.91 Å². The molecule has 2 unspecified atom stereocenters. The van der Waals surface area contributed by atoms with E-state index in [2.05, 4.69) is 10.1 Å². The molecule has 1 aliphatic rings. The van der Waals surface area contributed by atoms with E-state index in [0.717, 1.165) is 5.56 Å². The Morgan fingerprint density at radius 2 is 1.74 bits per heavy atom. The lowest BCUT2D eigenvalue weighted by Gasteiger charge is -2.09. The van der Waals surface area contributed by atoms with Crippen LogP contribution in [0, 0.1) is 11.7 Å². The summed E-state index contributed by atoms with van der Waals surface area (Å²) >= 11 is 0. The summed E-state index contributed by atoms with van der Waals surface area (Å²) in [5.74, 6) is -0.724. The summed E-state index contributed by atoms with van der Waals surface area (Å²) in [5, 5.41) is 2.82. The fourth-order valence-corrected chi connectivity index (χ4v) is 2.96. The molecule has 3 nitrogen and oxygen atoms in total. The third kappa shape index (κ3) is 5.53. The first-order valence-corrected chi connectivity index (χ1v) is 8.58. The van der Waals surface area contributed by atoms with Gasteiger partial charge in [-0.2, -0.15) is 13.2 Å². The average Bonchev–Trinajstić information content (AvgIpc) is 3.41. The van der Waals surface area contributed by atoms with E-state index in [1.807, 2.05) is 0 Å². The molecule has 7 heteroatoms. The second-order valence-electron chi connectivity index (χ2n) is 6.61. The van der Waals surface area contributed by atoms with Gasteiger partial charge in [0, 0.05) is 12.5 Å². The maximum Gasteiger partial charge on any atom is 0.411 e. The Bertz CT molecular complexity index is 789. The summed E-state index contributed by atoms with van der Waals surface area (Å²) in [5.41, 5.74) is 2.02. The minimum Gasteiger partial charge on any atom is -0.367 e. The second kappa shape index (κ2) is 8.08. The number of nitrogens with one attached hydrogen (secondary N) is 1. The Morgan fingerprint density at radius 1 is 1.07 bits per heavy atom. The van der Waals surface area contributed by atoms with E-state index in [4.69, 9.17) is 0 Å². The first-order chi connectivity index (χ1) is 12.8. The number of benzene rings is 2. The molecule has 0 radical (unpaired) electrons. The van der Waals surface area contributed by atoms with Crippen LogP contribution in [0.25, 0.3) is 0 Å². The third-order valence-corrected chi connectivity index (χ3v) is 4.46. The molecule has 27 heavy (non-hydrogen) atoms. The first-order valence-electron chi connectivity index (χ1n) is 8.58. The highest BCUT2D eigenvalue weighted by Crippen LogP contribution is 2.48. The van der Waals surface area contributed by atoms with Crippen molar-refractivity contribution in [1.82, 2.24) is 5.32 Å². The van der Waals surface area contributed by atoms with E-state index in [-0.39, 0.29) is 30.2 Å². The van der Waals surface area contributed by atoms with E-state index < -0.39 is 12.8 Å². The molecule has 0 saturated heterocycles. The molecule has 1 amide bonds. The highest BCUT2D eigenvalue weighted by molar-refractivity contribution is 5.82. The van der Waals surface area contributed by atoms with Gasteiger partial charge in [-0.1, -0.05) is 42.5 Å². The number of alkyl halides is 3. The van der Waals surface area contributed by atoms with Crippen molar-refractivity contribution in [1.29, 1.82) is 0 Å². The van der Waals surface area contributed by atoms with Crippen LogP contribution in [0.15, 0.2) is 48.5 Å². The van der Waals surface area contributed by atoms with Crippen LogP contribution in [0.4, 0.5) is 17.6 Å². The van der Waals surface area contributed by atoms with Crippen molar-refractivity contribution < 1.29 is 27.1 Å². The standard InChI is InChI=1S/C20H19F4NO2/c21-18-4-2-1-3-15(18)16-9-17(16)19(26)25-10-13-5-7-14(8-6-13)11-27-12-20(22,23)24/h1-8,16-17H,9-12H2,(H,25,26). The fourth-order valence-electron chi connectivity index (χ4n) is 2.96. The van der Waals surface area contributed by atoms with Crippen LogP contribution in [-0.4, -0.2) is 18.7 Å². The maximum absolute atomic E-state index is 13.8. The van der Waals surface area contributed by atoms with Crippen molar-refractivity contribution in [3.05, 3.63) is 71.0 Å². The maximum atomic E-state index is 13.8. The molecule has 2 aromatic rings. The molecule has 1 saturated carbocycles. The zero-order valence-electron chi connectivity index (χ0n) is 14.4. The molecule has 0 bridgehead atoms. The molecule has 0 aromatic heterocycles. The number of ether oxygens (including phenoxy) is 1. The lowest BCUT2D eigenvalue weighted by Crippen LogP contribution is -2.24. The molecular formula is C20H19F4NO2. The SMILES string of the molecule is O=C(NCc1ccc(COCC(F)(F)F)cc1)C1CC1c1ccccc1F. The Balaban J connectivity index is 1.44. The monoisotopic (exact) mass is 381 g/mol. The minimum absolute atomic E-state index is 0.0839. The van der Waals surface area contributed by atoms with Gasteiger partial charge in [-0.3, -0.25) is 4.79 Å². The van der Waals surface area contributed by atoms with Gasteiger partial charge in [0.1, 0.15) is 12.4 Å². The van der Waals surface area contributed by atoms with Gasteiger partial charge in [-0.15, -0.1) is 0 Å². The molecule has 2 aromatic carbocycles. The van der Waals surface area contributed by atoms with Crippen LogP contribution < -0.4 is 5.32 Å². The first kappa shape index (κ1) is 19.4. The molecule has 2 atom stereocenters. The van der Waals surface area contributed by atoms with Crippen LogP contribution in [0.1, 0.15) is 29.0 Å². The van der Waals surface area contributed by atoms with Gasteiger partial charge in [-0.05, 0) is 35.1 Å². The number of halogens is 4. The lowest BCUT2D eigenvalue weighted by atomic mass is 10.1. The van der Waals surface area contributed by atoms with Crippen molar-refractivity contribution in [3.8, 4) is 0 Å². The van der Waals surface area contributed by atoms with Crippen molar-refractivity contribution in [2.24, 2.45) is 5.92 Å². The number of hydrogen-bond donors (Lipinski definition) is 1. The second-order valence-corrected chi connectivity index (χ2v) is 6.61. The van der Waals surface area contributed by atoms with Gasteiger partial charge in [0.25, 0.3) is 0 Å². The molecule has 1 fully saturated rings. The van der Waals surface area contributed by atoms with Gasteiger partial charge in [0.05, 0.1) is 6.61 Å². The zero-order valence-corrected chi connectivity index (χ0v) is 14.4. The topological polar surface area (TPSA) is 38.3 Å². The summed E-state index contributed by atoms with van der Waals surface area (Å²) < 4.78 is 54.5. The van der Waals surface area contributed by atoms with E-state index in [1.165, 1.54) is 6.07 Å². The number of hydrogen-bond acceptors (Lipinski definition) is 2. The minimum atomic E-state index is -4.34. The lowest BCUT2D eigenvalue weighted by molar-refractivity contribution is -0.176. The summed E-state index contributed by atoms with van der Waals surface area (Å²) in [6.45, 7) is -1.10. The van der Waals surface area contributed by atoms with Crippen molar-refractivity contribution in [2.45, 2.75) is 31.7 Å². The van der Waals surface area contributed by atoms with Crippen LogP contribution in [0.2, 0.25) is 0 Å². The molecule has 0 aliphatic heterocycles. The average molecular weight is 381 g/mol. The van der Waals surface area contributed by atoms with Crippen LogP contribution >= 0.6 is 0 Å². The van der Waals surface area contributed by atoms with Gasteiger partial charge in [-0.25, -0.2) is 4.39 Å². The largest absolute Gasteiger partial charge is 0.411 e. The van der Waals surface area contributed by atoms with Gasteiger partial charge < -0.3 is 10.1 Å². The number of carbonyl (C=O) groups is 1. The molecule has 1 aliphatic carbocycles. The van der Waals surface area contributed by atoms with Crippen LogP contribution in [0.3, 0.4) is 0 Å². The molecular weight excluding hydrogens is 362 g/mol. The van der Waals surface area contributed by atoms with Crippen LogP contribution in [0.5, 0.6) is 0 Å². The Hall–Kier alpha value is -2.41. The predicted molar refractivity (Wildman–Crippen MR) is 91.2 cm³/mol. The predicted octanol–water partition coefficient (Wildman–Crippen LogP) is 4.32. The molecule has 144 valence electrons. The quantitative estimate of drug-likeness (QED) is 0.726. The molecule has 0 heterocycles. The summed E-state index contributed by atoms with van der Waals surface area (Å²) in [7, 11) is 0. The summed E-state index contributed by atoms with van der Waals surface area (Å²) in [6, 6.07) is 13.3. The van der Waals surface area contributed by atoms with E-state index in [9.17, 15) is 22.4 Å². The Kier molecular flexibility index (Phi) is 5.79. The van der Waals surface area contributed by atoms with Crippen molar-refractivity contribution in [3.63, 3.8) is 0 Å². The molecule has 0 spiro atoms. The van der Waals surface area contributed by atoms with E-state index in [1.54, 1.807) is 42.5 Å². The third-order valence-electron chi connectivity index (χ3n) is 4.46. The highest BCUT2D eigenvalue weighted by atomic mass is 19.4. The van der Waals surface area contributed by atoms with Crippen molar-refractivity contribution in [2.75, 3.05) is 6.61 Å². The molecule has 3 rings (SSSR count). The fraction of sp³-hybridized carbons (Fsp3) is 0.350. The zero-order chi connectivity index (χ0) is 19.4. The number of carbonyl (C=O) groups excluding carboxylic acids is 1. The highest BCUT2D eigenvalue weighted by Gasteiger charge is 2.44. The number of rotatable bonds is 7. The summed E-state index contributed by atoms with van der Waals surface area (Å²) in [6.07, 6.45) is -3.71. The normalized spacial score (nSPS) is 19.0. The Labute approximate surface area is 154 Å². The van der Waals surface area contributed by atoms with E-state index in [0.29, 0.717) is 24.1 Å². The van der Waals surface area contributed by atoms with Crippen LogP contribution in [-0.2, 0) is 22.7 Å². The number of amides is 1. The Morgan fingerprint density at radius 3 is 2.41 bits per heavy atom. The smallest absolute Gasteiger partial charge is 0.367 e. The van der Waals surface area contributed by atoms with E-state index >= 15 is 0 Å². The van der Waals surface area contributed by atoms with Gasteiger partial charge in [0.15, 0.2) is 0 Å². The van der Waals surface area contributed by atoms with Gasteiger partial charge >= 0.3 is 6.18 Å². The van der Waals surface area contributed by atoms with Gasteiger partial charge in [0.2, 0.25) is 5.91 Å². The molecule has 1 N–H and O–H groups in total. The summed E-state index contributed by atoms with van der Waals surface area (Å²) in [4.78, 5) is 12.2.